The van der Waals surface area contributed by atoms with E-state index in [-0.39, 0.29) is 5.91 Å². The van der Waals surface area contributed by atoms with Gasteiger partial charge in [-0.15, -0.1) is 11.8 Å². The van der Waals surface area contributed by atoms with Gasteiger partial charge in [0.2, 0.25) is 5.95 Å². The van der Waals surface area contributed by atoms with E-state index in [1.54, 1.807) is 11.8 Å². The Labute approximate surface area is 189 Å². The number of thioether (sulfide) groups is 1. The molecule has 31 heavy (non-hydrogen) atoms. The third-order valence-electron chi connectivity index (χ3n) is 7.02. The summed E-state index contributed by atoms with van der Waals surface area (Å²) in [4.78, 5) is 30.8. The fourth-order valence-corrected chi connectivity index (χ4v) is 5.44. The molecule has 1 saturated carbocycles. The van der Waals surface area contributed by atoms with E-state index in [0.717, 1.165) is 73.7 Å². The minimum Gasteiger partial charge on any atom is -0.338 e. The van der Waals surface area contributed by atoms with Crippen LogP contribution in [-0.2, 0) is 12.8 Å². The number of hydrogen-bond donors (Lipinski definition) is 0. The van der Waals surface area contributed by atoms with Gasteiger partial charge in [0.05, 0.1) is 11.3 Å². The highest BCUT2D eigenvalue weighted by molar-refractivity contribution is 7.98. The number of carbonyl (C=O) groups is 1. The summed E-state index contributed by atoms with van der Waals surface area (Å²) in [7, 11) is 0. The van der Waals surface area contributed by atoms with Gasteiger partial charge in [-0.2, -0.15) is 0 Å². The molecule has 3 heterocycles. The Bertz CT molecular complexity index is 939. The van der Waals surface area contributed by atoms with Gasteiger partial charge in [-0.1, -0.05) is 18.6 Å². The maximum Gasteiger partial charge on any atom is 0.255 e. The first-order valence-corrected chi connectivity index (χ1v) is 12.7. The van der Waals surface area contributed by atoms with Crippen molar-refractivity contribution in [1.82, 2.24) is 19.8 Å². The minimum absolute atomic E-state index is 0.123. The summed E-state index contributed by atoms with van der Waals surface area (Å²) in [6, 6.07) is 8.71. The second kappa shape index (κ2) is 9.17. The molecule has 1 aromatic heterocycles. The summed E-state index contributed by atoms with van der Waals surface area (Å²) in [6.07, 6.45) is 9.75. The Balaban J connectivity index is 1.25. The molecule has 2 fully saturated rings. The number of fused-ring (bicyclic) bond motifs is 1. The quantitative estimate of drug-likeness (QED) is 0.685. The van der Waals surface area contributed by atoms with E-state index < -0.39 is 0 Å². The molecule has 1 amide bonds. The van der Waals surface area contributed by atoms with Crippen molar-refractivity contribution in [3.8, 4) is 0 Å². The van der Waals surface area contributed by atoms with Crippen molar-refractivity contribution in [1.29, 1.82) is 0 Å². The summed E-state index contributed by atoms with van der Waals surface area (Å²) in [6.45, 7) is 5.67. The molecule has 0 spiro atoms. The molecule has 164 valence electrons. The Hall–Kier alpha value is -2.12. The molecule has 6 nitrogen and oxygen atoms in total. The zero-order valence-electron chi connectivity index (χ0n) is 18.3. The molecule has 3 aliphatic rings. The third-order valence-corrected chi connectivity index (χ3v) is 7.82. The molecule has 7 heteroatoms. The van der Waals surface area contributed by atoms with E-state index in [2.05, 4.69) is 9.80 Å². The van der Waals surface area contributed by atoms with Gasteiger partial charge in [0.15, 0.2) is 0 Å². The van der Waals surface area contributed by atoms with Crippen molar-refractivity contribution in [3.63, 3.8) is 0 Å². The van der Waals surface area contributed by atoms with E-state index in [4.69, 9.17) is 9.97 Å². The van der Waals surface area contributed by atoms with Crippen LogP contribution in [0.3, 0.4) is 0 Å². The average molecular weight is 438 g/mol. The van der Waals surface area contributed by atoms with Crippen LogP contribution in [0.4, 0.5) is 5.95 Å². The largest absolute Gasteiger partial charge is 0.338 e. The van der Waals surface area contributed by atoms with Crippen LogP contribution in [0.5, 0.6) is 0 Å². The molecule has 1 aliphatic carbocycles. The summed E-state index contributed by atoms with van der Waals surface area (Å²) in [5.74, 6) is 0.984. The van der Waals surface area contributed by atoms with Crippen LogP contribution in [0.15, 0.2) is 35.4 Å². The number of piperazine rings is 1. The SMILES string of the molecule is CSc1ccccc1C(=O)N1CCc2cnc(N3CCN(C4CCC4)CC3)nc2CC1. The molecular weight excluding hydrogens is 406 g/mol. The summed E-state index contributed by atoms with van der Waals surface area (Å²) >= 11 is 1.63. The lowest BCUT2D eigenvalue weighted by molar-refractivity contribution is 0.0759. The van der Waals surface area contributed by atoms with Gasteiger partial charge in [0.25, 0.3) is 5.91 Å². The number of anilines is 1. The lowest BCUT2D eigenvalue weighted by Gasteiger charge is -2.43. The molecule has 0 bridgehead atoms. The van der Waals surface area contributed by atoms with Crippen molar-refractivity contribution >= 4 is 23.6 Å². The number of benzene rings is 1. The van der Waals surface area contributed by atoms with Crippen molar-refractivity contribution in [2.45, 2.75) is 43.0 Å². The molecule has 0 N–H and O–H groups in total. The lowest BCUT2D eigenvalue weighted by atomic mass is 9.91. The molecule has 2 aromatic rings. The number of hydrogen-bond acceptors (Lipinski definition) is 6. The highest BCUT2D eigenvalue weighted by Gasteiger charge is 2.29. The molecule has 0 atom stereocenters. The van der Waals surface area contributed by atoms with Crippen LogP contribution in [-0.4, -0.2) is 77.2 Å². The molecule has 5 rings (SSSR count). The highest BCUT2D eigenvalue weighted by atomic mass is 32.2. The first-order chi connectivity index (χ1) is 15.2. The predicted molar refractivity (Wildman–Crippen MR) is 125 cm³/mol. The zero-order chi connectivity index (χ0) is 21.2. The van der Waals surface area contributed by atoms with Gasteiger partial charge >= 0.3 is 0 Å². The molecular formula is C24H31N5OS. The molecule has 1 saturated heterocycles. The van der Waals surface area contributed by atoms with E-state index in [0.29, 0.717) is 6.54 Å². The van der Waals surface area contributed by atoms with E-state index in [1.807, 2.05) is 41.6 Å². The van der Waals surface area contributed by atoms with Gasteiger partial charge in [-0.3, -0.25) is 9.69 Å². The fourth-order valence-electron chi connectivity index (χ4n) is 4.85. The van der Waals surface area contributed by atoms with Crippen LogP contribution in [0.1, 0.15) is 40.9 Å². The molecule has 0 radical (unpaired) electrons. The normalized spacial score (nSPS) is 20.2. The van der Waals surface area contributed by atoms with Crippen LogP contribution < -0.4 is 4.90 Å². The first kappa shape index (κ1) is 20.8. The van der Waals surface area contributed by atoms with Gasteiger partial charge in [0.1, 0.15) is 0 Å². The number of aromatic nitrogens is 2. The van der Waals surface area contributed by atoms with Crippen LogP contribution in [0, 0.1) is 0 Å². The van der Waals surface area contributed by atoms with E-state index >= 15 is 0 Å². The standard InChI is InChI=1S/C24H31N5OS/c1-31-22-8-3-2-7-20(22)23(30)28-11-9-18-17-25-24(26-21(18)10-12-28)29-15-13-27(14-16-29)19-5-4-6-19/h2-3,7-8,17,19H,4-6,9-16H2,1H3. The van der Waals surface area contributed by atoms with Crippen molar-refractivity contribution < 1.29 is 4.79 Å². The number of carbonyl (C=O) groups excluding carboxylic acids is 1. The maximum absolute atomic E-state index is 13.2. The Morgan fingerprint density at radius 1 is 1.03 bits per heavy atom. The molecule has 2 aliphatic heterocycles. The predicted octanol–water partition coefficient (Wildman–Crippen LogP) is 3.11. The van der Waals surface area contributed by atoms with Crippen molar-refractivity contribution in [2.24, 2.45) is 0 Å². The van der Waals surface area contributed by atoms with Gasteiger partial charge < -0.3 is 9.80 Å². The Kier molecular flexibility index (Phi) is 6.14. The Morgan fingerprint density at radius 3 is 2.55 bits per heavy atom. The van der Waals surface area contributed by atoms with Crippen molar-refractivity contribution in [3.05, 3.63) is 47.3 Å². The third kappa shape index (κ3) is 4.30. The lowest BCUT2D eigenvalue weighted by Crippen LogP contribution is -2.52. The average Bonchev–Trinajstić information content (AvgIpc) is 3.00. The second-order valence-electron chi connectivity index (χ2n) is 8.74. The Morgan fingerprint density at radius 2 is 1.81 bits per heavy atom. The van der Waals surface area contributed by atoms with Crippen LogP contribution in [0.2, 0.25) is 0 Å². The number of nitrogens with zero attached hydrogens (tertiary/aromatic N) is 5. The van der Waals surface area contributed by atoms with Crippen LogP contribution in [0.25, 0.3) is 0 Å². The second-order valence-corrected chi connectivity index (χ2v) is 9.59. The van der Waals surface area contributed by atoms with E-state index in [9.17, 15) is 4.79 Å². The smallest absolute Gasteiger partial charge is 0.255 e. The molecule has 0 unspecified atom stereocenters. The minimum atomic E-state index is 0.123. The monoisotopic (exact) mass is 437 g/mol. The summed E-state index contributed by atoms with van der Waals surface area (Å²) in [5.41, 5.74) is 3.10. The first-order valence-electron chi connectivity index (χ1n) is 11.5. The van der Waals surface area contributed by atoms with Crippen molar-refractivity contribution in [2.75, 3.05) is 50.4 Å². The number of amides is 1. The highest BCUT2D eigenvalue weighted by Crippen LogP contribution is 2.27. The summed E-state index contributed by atoms with van der Waals surface area (Å²) < 4.78 is 0. The number of rotatable bonds is 4. The van der Waals surface area contributed by atoms with Crippen LogP contribution >= 0.6 is 11.8 Å². The van der Waals surface area contributed by atoms with Gasteiger partial charge in [0, 0.05) is 62.8 Å². The summed E-state index contributed by atoms with van der Waals surface area (Å²) in [5, 5.41) is 0. The molecule has 1 aromatic carbocycles. The van der Waals surface area contributed by atoms with Gasteiger partial charge in [-0.05, 0) is 43.2 Å². The zero-order valence-corrected chi connectivity index (χ0v) is 19.1. The maximum atomic E-state index is 13.2. The fraction of sp³-hybridized carbons (Fsp3) is 0.542. The topological polar surface area (TPSA) is 52.6 Å². The van der Waals surface area contributed by atoms with E-state index in [1.165, 1.54) is 24.8 Å². The van der Waals surface area contributed by atoms with Gasteiger partial charge in [-0.25, -0.2) is 9.97 Å².